The number of ether oxygens (including phenoxy) is 2. The van der Waals surface area contributed by atoms with Crippen LogP contribution in [0.4, 0.5) is 0 Å². The zero-order valence-electron chi connectivity index (χ0n) is 16.4. The minimum atomic E-state index is -0.794. The van der Waals surface area contributed by atoms with Crippen molar-refractivity contribution in [3.05, 3.63) is 53.1 Å². The first kappa shape index (κ1) is 19.5. The van der Waals surface area contributed by atoms with Crippen LogP contribution in [0, 0.1) is 13.8 Å². The van der Waals surface area contributed by atoms with Crippen LogP contribution in [-0.2, 0) is 6.54 Å². The molecule has 0 unspecified atom stereocenters. The SMILES string of the molecule is COc1ccc(CN2CCC(O)(COc3ccc(C)c(C)c3)CC2)cc1O. The molecular weight excluding hydrogens is 342 g/mol. The summed E-state index contributed by atoms with van der Waals surface area (Å²) in [4.78, 5) is 2.28. The normalized spacial score (nSPS) is 16.9. The van der Waals surface area contributed by atoms with E-state index >= 15 is 0 Å². The van der Waals surface area contributed by atoms with Crippen LogP contribution in [0.5, 0.6) is 17.2 Å². The number of hydrogen-bond donors (Lipinski definition) is 2. The van der Waals surface area contributed by atoms with Gasteiger partial charge in [0.2, 0.25) is 0 Å². The summed E-state index contributed by atoms with van der Waals surface area (Å²) in [7, 11) is 1.54. The van der Waals surface area contributed by atoms with E-state index in [4.69, 9.17) is 9.47 Å². The van der Waals surface area contributed by atoms with Crippen LogP contribution < -0.4 is 9.47 Å². The van der Waals surface area contributed by atoms with Crippen molar-refractivity contribution < 1.29 is 19.7 Å². The number of methoxy groups -OCH3 is 1. The summed E-state index contributed by atoms with van der Waals surface area (Å²) >= 11 is 0. The van der Waals surface area contributed by atoms with E-state index < -0.39 is 5.60 Å². The van der Waals surface area contributed by atoms with Crippen molar-refractivity contribution >= 4 is 0 Å². The van der Waals surface area contributed by atoms with Crippen molar-refractivity contribution in [3.8, 4) is 17.2 Å². The molecule has 0 saturated carbocycles. The Balaban J connectivity index is 1.51. The van der Waals surface area contributed by atoms with E-state index in [1.807, 2.05) is 24.3 Å². The summed E-state index contributed by atoms with van der Waals surface area (Å²) in [6.45, 7) is 6.77. The van der Waals surface area contributed by atoms with Crippen molar-refractivity contribution in [2.24, 2.45) is 0 Å². The summed E-state index contributed by atoms with van der Waals surface area (Å²) < 4.78 is 10.9. The Labute approximate surface area is 161 Å². The first-order valence-corrected chi connectivity index (χ1v) is 9.39. The Bertz CT molecular complexity index is 782. The lowest BCUT2D eigenvalue weighted by atomic mass is 9.92. The molecule has 5 nitrogen and oxygen atoms in total. The summed E-state index contributed by atoms with van der Waals surface area (Å²) in [5.41, 5.74) is 2.67. The first-order valence-electron chi connectivity index (χ1n) is 9.39. The monoisotopic (exact) mass is 371 g/mol. The molecule has 0 aliphatic carbocycles. The molecule has 0 amide bonds. The quantitative estimate of drug-likeness (QED) is 0.815. The molecule has 0 atom stereocenters. The molecule has 5 heteroatoms. The average Bonchev–Trinajstić information content (AvgIpc) is 2.65. The van der Waals surface area contributed by atoms with Gasteiger partial charge in [-0.15, -0.1) is 0 Å². The maximum atomic E-state index is 10.8. The van der Waals surface area contributed by atoms with Crippen LogP contribution in [0.25, 0.3) is 0 Å². The fraction of sp³-hybridized carbons (Fsp3) is 0.455. The fourth-order valence-electron chi connectivity index (χ4n) is 3.39. The highest BCUT2D eigenvalue weighted by atomic mass is 16.5. The second kappa shape index (κ2) is 8.19. The number of nitrogens with zero attached hydrogens (tertiary/aromatic N) is 1. The number of phenolic OH excluding ortho intramolecular Hbond substituents is 1. The van der Waals surface area contributed by atoms with E-state index in [-0.39, 0.29) is 5.75 Å². The highest BCUT2D eigenvalue weighted by Gasteiger charge is 2.33. The summed E-state index contributed by atoms with van der Waals surface area (Å²) in [5.74, 6) is 1.45. The number of aromatic hydroxyl groups is 1. The topological polar surface area (TPSA) is 62.2 Å². The molecule has 27 heavy (non-hydrogen) atoms. The summed E-state index contributed by atoms with van der Waals surface area (Å²) in [6.07, 6.45) is 1.33. The molecule has 1 fully saturated rings. The van der Waals surface area contributed by atoms with Crippen molar-refractivity contribution in [1.29, 1.82) is 0 Å². The third-order valence-electron chi connectivity index (χ3n) is 5.42. The minimum absolute atomic E-state index is 0.158. The molecule has 0 radical (unpaired) electrons. The van der Waals surface area contributed by atoms with Gasteiger partial charge in [0.1, 0.15) is 18.0 Å². The molecule has 2 aromatic rings. The van der Waals surface area contributed by atoms with Gasteiger partial charge in [-0.3, -0.25) is 4.90 Å². The van der Waals surface area contributed by atoms with Crippen LogP contribution in [0.3, 0.4) is 0 Å². The third kappa shape index (κ3) is 4.93. The summed E-state index contributed by atoms with van der Waals surface area (Å²) in [5, 5.41) is 20.8. The van der Waals surface area contributed by atoms with Gasteiger partial charge in [-0.2, -0.15) is 0 Å². The van der Waals surface area contributed by atoms with Gasteiger partial charge in [-0.25, -0.2) is 0 Å². The van der Waals surface area contributed by atoms with Crippen molar-refractivity contribution in [1.82, 2.24) is 4.90 Å². The first-order chi connectivity index (χ1) is 12.9. The molecule has 1 saturated heterocycles. The van der Waals surface area contributed by atoms with Crippen LogP contribution in [0.1, 0.15) is 29.5 Å². The molecule has 0 bridgehead atoms. The molecule has 146 valence electrons. The van der Waals surface area contributed by atoms with Crippen molar-refractivity contribution in [3.63, 3.8) is 0 Å². The van der Waals surface area contributed by atoms with E-state index in [1.165, 1.54) is 11.1 Å². The molecule has 1 aliphatic rings. The number of rotatable bonds is 6. The molecule has 2 N–H and O–H groups in total. The Kier molecular flexibility index (Phi) is 5.92. The zero-order valence-corrected chi connectivity index (χ0v) is 16.4. The standard InChI is InChI=1S/C22H29NO4/c1-16-4-6-19(12-17(16)2)27-15-22(25)8-10-23(11-9-22)14-18-5-7-21(26-3)20(24)13-18/h4-7,12-13,24-25H,8-11,14-15H2,1-3H3. The highest BCUT2D eigenvalue weighted by Crippen LogP contribution is 2.29. The second-order valence-corrected chi connectivity index (χ2v) is 7.54. The number of aliphatic hydroxyl groups is 1. The average molecular weight is 371 g/mol. The number of piperidine rings is 1. The largest absolute Gasteiger partial charge is 0.504 e. The maximum absolute atomic E-state index is 10.8. The van der Waals surface area contributed by atoms with Crippen molar-refractivity contribution in [2.75, 3.05) is 26.8 Å². The van der Waals surface area contributed by atoms with Crippen molar-refractivity contribution in [2.45, 2.75) is 38.8 Å². The molecule has 1 aliphatic heterocycles. The number of aryl methyl sites for hydroxylation is 2. The van der Waals surface area contributed by atoms with Crippen LogP contribution in [0.15, 0.2) is 36.4 Å². The third-order valence-corrected chi connectivity index (χ3v) is 5.42. The number of benzene rings is 2. The maximum Gasteiger partial charge on any atom is 0.160 e. The molecule has 0 spiro atoms. The van der Waals surface area contributed by atoms with E-state index in [1.54, 1.807) is 19.2 Å². The Morgan fingerprint density at radius 2 is 1.78 bits per heavy atom. The van der Waals surface area contributed by atoms with E-state index in [2.05, 4.69) is 18.7 Å². The summed E-state index contributed by atoms with van der Waals surface area (Å²) in [6, 6.07) is 11.5. The number of hydrogen-bond acceptors (Lipinski definition) is 5. The lowest BCUT2D eigenvalue weighted by Crippen LogP contribution is -2.47. The van der Waals surface area contributed by atoms with Gasteiger partial charge < -0.3 is 19.7 Å². The van der Waals surface area contributed by atoms with Crippen LogP contribution in [0.2, 0.25) is 0 Å². The van der Waals surface area contributed by atoms with Gasteiger partial charge in [-0.05, 0) is 67.6 Å². The van der Waals surface area contributed by atoms with E-state index in [0.717, 1.165) is 30.9 Å². The molecule has 3 rings (SSSR count). The minimum Gasteiger partial charge on any atom is -0.504 e. The molecule has 0 aromatic heterocycles. The fourth-order valence-corrected chi connectivity index (χ4v) is 3.39. The zero-order chi connectivity index (χ0) is 19.4. The van der Waals surface area contributed by atoms with Gasteiger partial charge in [0.05, 0.1) is 7.11 Å². The van der Waals surface area contributed by atoms with E-state index in [0.29, 0.717) is 25.2 Å². The Morgan fingerprint density at radius 1 is 1.04 bits per heavy atom. The Morgan fingerprint density at radius 3 is 2.41 bits per heavy atom. The van der Waals surface area contributed by atoms with E-state index in [9.17, 15) is 10.2 Å². The smallest absolute Gasteiger partial charge is 0.160 e. The van der Waals surface area contributed by atoms with Gasteiger partial charge in [0.25, 0.3) is 0 Å². The van der Waals surface area contributed by atoms with Gasteiger partial charge in [0.15, 0.2) is 11.5 Å². The van der Waals surface area contributed by atoms with Crippen LogP contribution >= 0.6 is 0 Å². The second-order valence-electron chi connectivity index (χ2n) is 7.54. The van der Waals surface area contributed by atoms with Gasteiger partial charge >= 0.3 is 0 Å². The number of phenols is 1. The molecular formula is C22H29NO4. The van der Waals surface area contributed by atoms with Gasteiger partial charge in [0, 0.05) is 19.6 Å². The highest BCUT2D eigenvalue weighted by molar-refractivity contribution is 5.41. The lowest BCUT2D eigenvalue weighted by Gasteiger charge is -2.38. The Hall–Kier alpha value is -2.24. The predicted molar refractivity (Wildman–Crippen MR) is 106 cm³/mol. The van der Waals surface area contributed by atoms with Crippen LogP contribution in [-0.4, -0.2) is 47.5 Å². The number of likely N-dealkylation sites (tertiary alicyclic amines) is 1. The molecule has 1 heterocycles. The molecule has 2 aromatic carbocycles. The lowest BCUT2D eigenvalue weighted by molar-refractivity contribution is -0.0537. The van der Waals surface area contributed by atoms with Gasteiger partial charge in [-0.1, -0.05) is 12.1 Å². The predicted octanol–water partition coefficient (Wildman–Crippen LogP) is 3.42.